The molecule has 0 atom stereocenters. The summed E-state index contributed by atoms with van der Waals surface area (Å²) in [5.74, 6) is 0.755. The molecule has 15 heavy (non-hydrogen) atoms. The zero-order chi connectivity index (χ0) is 11.0. The third kappa shape index (κ3) is 1.72. The second-order valence-corrected chi connectivity index (χ2v) is 4.45. The largest absolute Gasteiger partial charge is 0.493 e. The molecule has 0 fully saturated rings. The summed E-state index contributed by atoms with van der Waals surface area (Å²) in [6, 6.07) is 3.44. The maximum atomic E-state index is 10.8. The summed E-state index contributed by atoms with van der Waals surface area (Å²) in [4.78, 5) is 0. The lowest BCUT2D eigenvalue weighted by atomic mass is 10.1. The standard InChI is InChI=1S/C9H12N2O3S/c1-11(15(12)13)8-4-6-2-3-14-9(6)5-7(8)10/h4-5,15H,2-3,10H2,1H3. The molecule has 0 aliphatic carbocycles. The Hall–Kier alpha value is -1.43. The first-order valence-corrected chi connectivity index (χ1v) is 5.66. The van der Waals surface area contributed by atoms with Crippen molar-refractivity contribution in [1.29, 1.82) is 0 Å². The summed E-state index contributed by atoms with van der Waals surface area (Å²) in [5, 5.41) is 0. The third-order valence-corrected chi connectivity index (χ3v) is 3.14. The van der Waals surface area contributed by atoms with Gasteiger partial charge in [-0.25, -0.2) is 8.42 Å². The van der Waals surface area contributed by atoms with E-state index < -0.39 is 10.9 Å². The first-order valence-electron chi connectivity index (χ1n) is 4.53. The number of hydrogen-bond donors (Lipinski definition) is 2. The molecule has 1 aliphatic rings. The zero-order valence-electron chi connectivity index (χ0n) is 8.27. The number of rotatable bonds is 2. The van der Waals surface area contributed by atoms with Crippen molar-refractivity contribution in [3.63, 3.8) is 0 Å². The van der Waals surface area contributed by atoms with Gasteiger partial charge in [0.1, 0.15) is 5.75 Å². The highest BCUT2D eigenvalue weighted by Gasteiger charge is 2.17. The Kier molecular flexibility index (Phi) is 2.44. The Bertz CT molecular complexity index is 463. The molecule has 1 aliphatic heterocycles. The van der Waals surface area contributed by atoms with Crippen LogP contribution in [0.1, 0.15) is 5.56 Å². The van der Waals surface area contributed by atoms with E-state index in [1.807, 2.05) is 0 Å². The topological polar surface area (TPSA) is 72.6 Å². The molecule has 0 unspecified atom stereocenters. The second-order valence-electron chi connectivity index (χ2n) is 3.38. The SMILES string of the molecule is CN(c1cc2c(cc1N)OCC2)[SH](=O)=O. The van der Waals surface area contributed by atoms with Gasteiger partial charge in [-0.2, -0.15) is 0 Å². The second kappa shape index (κ2) is 3.62. The fourth-order valence-electron chi connectivity index (χ4n) is 1.60. The number of fused-ring (bicyclic) bond motifs is 1. The number of hydrogen-bond acceptors (Lipinski definition) is 4. The van der Waals surface area contributed by atoms with Gasteiger partial charge in [0.05, 0.1) is 18.0 Å². The van der Waals surface area contributed by atoms with Gasteiger partial charge in [-0.05, 0) is 11.6 Å². The molecule has 0 spiro atoms. The minimum atomic E-state index is -2.65. The number of nitrogens with zero attached hydrogens (tertiary/aromatic N) is 1. The molecule has 0 bridgehead atoms. The summed E-state index contributed by atoms with van der Waals surface area (Å²) in [7, 11) is -1.18. The van der Waals surface area contributed by atoms with E-state index in [1.54, 1.807) is 12.1 Å². The van der Waals surface area contributed by atoms with Crippen molar-refractivity contribution in [2.24, 2.45) is 0 Å². The lowest BCUT2D eigenvalue weighted by Crippen LogP contribution is -2.15. The van der Waals surface area contributed by atoms with E-state index in [4.69, 9.17) is 10.5 Å². The highest BCUT2D eigenvalue weighted by molar-refractivity contribution is 7.74. The van der Waals surface area contributed by atoms with Crippen molar-refractivity contribution in [1.82, 2.24) is 0 Å². The van der Waals surface area contributed by atoms with Gasteiger partial charge in [0.15, 0.2) is 0 Å². The van der Waals surface area contributed by atoms with E-state index in [0.29, 0.717) is 18.0 Å². The van der Waals surface area contributed by atoms with Crippen LogP contribution < -0.4 is 14.8 Å². The summed E-state index contributed by atoms with van der Waals surface area (Å²) in [6.45, 7) is 0.630. The lowest BCUT2D eigenvalue weighted by molar-refractivity contribution is 0.357. The van der Waals surface area contributed by atoms with E-state index in [0.717, 1.165) is 22.0 Å². The van der Waals surface area contributed by atoms with Crippen molar-refractivity contribution in [2.75, 3.05) is 23.7 Å². The predicted octanol–water partition coefficient (Wildman–Crippen LogP) is 0.166. The van der Waals surface area contributed by atoms with Crippen LogP contribution in [0.5, 0.6) is 5.75 Å². The Morgan fingerprint density at radius 2 is 2.20 bits per heavy atom. The molecule has 0 saturated carbocycles. The molecule has 0 radical (unpaired) electrons. The van der Waals surface area contributed by atoms with E-state index in [-0.39, 0.29) is 0 Å². The van der Waals surface area contributed by atoms with Crippen LogP contribution in [-0.2, 0) is 17.3 Å². The number of anilines is 2. The summed E-state index contributed by atoms with van der Waals surface area (Å²) < 4.78 is 28.1. The average molecular weight is 228 g/mol. The van der Waals surface area contributed by atoms with Crippen molar-refractivity contribution in [3.05, 3.63) is 17.7 Å². The van der Waals surface area contributed by atoms with Crippen molar-refractivity contribution < 1.29 is 13.2 Å². The van der Waals surface area contributed by atoms with Crippen molar-refractivity contribution in [3.8, 4) is 5.75 Å². The molecule has 0 amide bonds. The number of benzene rings is 1. The highest BCUT2D eigenvalue weighted by Crippen LogP contribution is 2.34. The Morgan fingerprint density at radius 1 is 1.47 bits per heavy atom. The van der Waals surface area contributed by atoms with E-state index in [9.17, 15) is 8.42 Å². The van der Waals surface area contributed by atoms with E-state index in [2.05, 4.69) is 0 Å². The molecule has 1 aromatic rings. The normalized spacial score (nSPS) is 13.7. The Balaban J connectivity index is 2.49. The fraction of sp³-hybridized carbons (Fsp3) is 0.333. The molecule has 5 nitrogen and oxygen atoms in total. The lowest BCUT2D eigenvalue weighted by Gasteiger charge is -2.14. The molecule has 0 aromatic heterocycles. The van der Waals surface area contributed by atoms with Crippen LogP contribution in [0.15, 0.2) is 12.1 Å². The van der Waals surface area contributed by atoms with Gasteiger partial charge < -0.3 is 10.5 Å². The Morgan fingerprint density at radius 3 is 2.87 bits per heavy atom. The minimum absolute atomic E-state index is 0.414. The fourth-order valence-corrected chi connectivity index (χ4v) is 1.95. The van der Waals surface area contributed by atoms with Crippen LogP contribution in [0.4, 0.5) is 11.4 Å². The van der Waals surface area contributed by atoms with Crippen LogP contribution in [-0.4, -0.2) is 22.1 Å². The van der Waals surface area contributed by atoms with Crippen LogP contribution in [0.2, 0.25) is 0 Å². The smallest absolute Gasteiger partial charge is 0.224 e. The number of thiol groups is 1. The van der Waals surface area contributed by atoms with E-state index in [1.165, 1.54) is 7.05 Å². The van der Waals surface area contributed by atoms with Gasteiger partial charge in [0, 0.05) is 19.5 Å². The van der Waals surface area contributed by atoms with Gasteiger partial charge in [-0.1, -0.05) is 0 Å². The van der Waals surface area contributed by atoms with Gasteiger partial charge in [-0.15, -0.1) is 0 Å². The van der Waals surface area contributed by atoms with Crippen LogP contribution in [0.3, 0.4) is 0 Å². The quantitative estimate of drug-likeness (QED) is 0.559. The first-order chi connectivity index (χ1) is 7.09. The molecule has 1 aromatic carbocycles. The van der Waals surface area contributed by atoms with Gasteiger partial charge in [-0.3, -0.25) is 4.31 Å². The van der Waals surface area contributed by atoms with Crippen molar-refractivity contribution in [2.45, 2.75) is 6.42 Å². The summed E-state index contributed by atoms with van der Waals surface area (Å²) in [6.07, 6.45) is 0.798. The molecule has 0 saturated heterocycles. The molecular weight excluding hydrogens is 216 g/mol. The van der Waals surface area contributed by atoms with Gasteiger partial charge in [0.2, 0.25) is 10.9 Å². The van der Waals surface area contributed by atoms with Crippen LogP contribution >= 0.6 is 0 Å². The first kappa shape index (κ1) is 10.1. The number of nitrogens with two attached hydrogens (primary N) is 1. The van der Waals surface area contributed by atoms with E-state index >= 15 is 0 Å². The molecule has 2 N–H and O–H groups in total. The monoisotopic (exact) mass is 228 g/mol. The molecule has 6 heteroatoms. The maximum absolute atomic E-state index is 10.8. The number of ether oxygens (including phenoxy) is 1. The van der Waals surface area contributed by atoms with Gasteiger partial charge in [0.25, 0.3) is 0 Å². The highest BCUT2D eigenvalue weighted by atomic mass is 32.2. The summed E-state index contributed by atoms with van der Waals surface area (Å²) >= 11 is 0. The Labute approximate surface area is 89.5 Å². The molecule has 2 rings (SSSR count). The summed E-state index contributed by atoms with van der Waals surface area (Å²) in [5.41, 5.74) is 7.67. The zero-order valence-corrected chi connectivity index (χ0v) is 9.16. The number of nitrogen functional groups attached to an aromatic ring is 1. The maximum Gasteiger partial charge on any atom is 0.224 e. The van der Waals surface area contributed by atoms with Gasteiger partial charge >= 0.3 is 0 Å². The average Bonchev–Trinajstić information content (AvgIpc) is 2.62. The third-order valence-electron chi connectivity index (χ3n) is 2.43. The predicted molar refractivity (Wildman–Crippen MR) is 58.8 cm³/mol. The molecule has 1 heterocycles. The minimum Gasteiger partial charge on any atom is -0.493 e. The van der Waals surface area contributed by atoms with Crippen LogP contribution in [0.25, 0.3) is 0 Å². The molecular formula is C9H12N2O3S. The van der Waals surface area contributed by atoms with Crippen LogP contribution in [0, 0.1) is 0 Å². The van der Waals surface area contributed by atoms with Crippen molar-refractivity contribution >= 4 is 22.3 Å². The molecule has 82 valence electrons.